The van der Waals surface area contributed by atoms with Crippen molar-refractivity contribution in [3.8, 4) is 0 Å². The van der Waals surface area contributed by atoms with Crippen LogP contribution in [0.15, 0.2) is 36.9 Å². The van der Waals surface area contributed by atoms with E-state index in [9.17, 15) is 19.2 Å². The van der Waals surface area contributed by atoms with Gasteiger partial charge < -0.3 is 11.1 Å². The summed E-state index contributed by atoms with van der Waals surface area (Å²) in [5, 5.41) is 2.61. The summed E-state index contributed by atoms with van der Waals surface area (Å²) in [5.74, 6) is -2.47. The zero-order valence-electron chi connectivity index (χ0n) is 13.0. The molecule has 1 aromatic rings. The molecule has 8 nitrogen and oxygen atoms in total. The number of carbonyl (C=O) groups is 4. The van der Waals surface area contributed by atoms with E-state index in [1.54, 1.807) is 12.1 Å². The monoisotopic (exact) mass is 330 g/mol. The van der Waals surface area contributed by atoms with Crippen LogP contribution in [-0.4, -0.2) is 53.2 Å². The molecule has 1 saturated heterocycles. The summed E-state index contributed by atoms with van der Waals surface area (Å²) in [4.78, 5) is 48.6. The van der Waals surface area contributed by atoms with Crippen LogP contribution in [0.25, 0.3) is 0 Å². The van der Waals surface area contributed by atoms with E-state index in [4.69, 9.17) is 5.73 Å². The van der Waals surface area contributed by atoms with Gasteiger partial charge in [-0.05, 0) is 24.1 Å². The number of hydrogen-bond acceptors (Lipinski definition) is 5. The van der Waals surface area contributed by atoms with Crippen LogP contribution in [0.3, 0.4) is 0 Å². The van der Waals surface area contributed by atoms with E-state index in [2.05, 4.69) is 11.9 Å². The third-order valence-corrected chi connectivity index (χ3v) is 3.46. The van der Waals surface area contributed by atoms with Crippen molar-refractivity contribution < 1.29 is 19.2 Å². The Balaban J connectivity index is 1.84. The predicted octanol–water partition coefficient (Wildman–Crippen LogP) is -0.0957. The molecule has 1 fully saturated rings. The SMILES string of the molecule is C=CCN1C(=O)C(=O)N(CC(=O)NCCc2ccc(N)cc2)C1=O. The number of anilines is 1. The molecule has 0 unspecified atom stereocenters. The Morgan fingerprint density at radius 2 is 1.75 bits per heavy atom. The highest BCUT2D eigenvalue weighted by atomic mass is 16.2. The average molecular weight is 330 g/mol. The Bertz CT molecular complexity index is 684. The van der Waals surface area contributed by atoms with Crippen molar-refractivity contribution in [1.82, 2.24) is 15.1 Å². The summed E-state index contributed by atoms with van der Waals surface area (Å²) in [6.07, 6.45) is 1.91. The minimum absolute atomic E-state index is 0.0708. The first kappa shape index (κ1) is 17.2. The van der Waals surface area contributed by atoms with Gasteiger partial charge in [0.2, 0.25) is 5.91 Å². The maximum Gasteiger partial charge on any atom is 0.335 e. The zero-order chi connectivity index (χ0) is 17.7. The van der Waals surface area contributed by atoms with Gasteiger partial charge in [0.05, 0.1) is 0 Å². The van der Waals surface area contributed by atoms with E-state index < -0.39 is 30.3 Å². The lowest BCUT2D eigenvalue weighted by Gasteiger charge is -2.14. The molecule has 0 aliphatic carbocycles. The van der Waals surface area contributed by atoms with Crippen molar-refractivity contribution in [3.05, 3.63) is 42.5 Å². The van der Waals surface area contributed by atoms with Gasteiger partial charge in [0.1, 0.15) is 6.54 Å². The molecule has 0 spiro atoms. The molecule has 0 bridgehead atoms. The van der Waals surface area contributed by atoms with Crippen LogP contribution in [0.2, 0.25) is 0 Å². The Morgan fingerprint density at radius 1 is 1.12 bits per heavy atom. The molecule has 1 aromatic carbocycles. The molecular weight excluding hydrogens is 312 g/mol. The third-order valence-electron chi connectivity index (χ3n) is 3.46. The van der Waals surface area contributed by atoms with Crippen LogP contribution in [-0.2, 0) is 20.8 Å². The molecule has 5 amide bonds. The summed E-state index contributed by atoms with van der Waals surface area (Å²) in [6, 6.07) is 6.41. The van der Waals surface area contributed by atoms with E-state index in [0.29, 0.717) is 23.6 Å². The highest BCUT2D eigenvalue weighted by Crippen LogP contribution is 2.11. The number of urea groups is 1. The predicted molar refractivity (Wildman–Crippen MR) is 86.6 cm³/mol. The fraction of sp³-hybridized carbons (Fsp3) is 0.250. The Labute approximate surface area is 138 Å². The number of rotatable bonds is 7. The summed E-state index contributed by atoms with van der Waals surface area (Å²) in [6.45, 7) is 3.19. The largest absolute Gasteiger partial charge is 0.399 e. The zero-order valence-corrected chi connectivity index (χ0v) is 13.0. The second-order valence-corrected chi connectivity index (χ2v) is 5.22. The number of benzene rings is 1. The summed E-state index contributed by atoms with van der Waals surface area (Å²) in [5.41, 5.74) is 7.23. The van der Waals surface area contributed by atoms with Crippen molar-refractivity contribution in [1.29, 1.82) is 0 Å². The van der Waals surface area contributed by atoms with E-state index in [1.165, 1.54) is 6.08 Å². The highest BCUT2D eigenvalue weighted by molar-refractivity contribution is 6.45. The smallest absolute Gasteiger partial charge is 0.335 e. The molecule has 3 N–H and O–H groups in total. The molecule has 0 atom stereocenters. The van der Waals surface area contributed by atoms with Gasteiger partial charge in [-0.15, -0.1) is 6.58 Å². The lowest BCUT2D eigenvalue weighted by atomic mass is 10.1. The standard InChI is InChI=1S/C16H18N4O4/c1-2-9-19-14(22)15(23)20(16(19)24)10-13(21)18-8-7-11-3-5-12(17)6-4-11/h2-6H,1,7-10,17H2,(H,18,21). The maximum absolute atomic E-state index is 11.9. The molecule has 1 aliphatic heterocycles. The van der Waals surface area contributed by atoms with Crippen LogP contribution in [0.5, 0.6) is 0 Å². The number of nitrogens with zero attached hydrogens (tertiary/aromatic N) is 2. The minimum Gasteiger partial charge on any atom is -0.399 e. The molecular formula is C16H18N4O4. The Kier molecular flexibility index (Phi) is 5.31. The van der Waals surface area contributed by atoms with E-state index in [-0.39, 0.29) is 6.54 Å². The summed E-state index contributed by atoms with van der Waals surface area (Å²) in [7, 11) is 0. The molecule has 1 aliphatic rings. The second-order valence-electron chi connectivity index (χ2n) is 5.22. The molecule has 1 heterocycles. The van der Waals surface area contributed by atoms with Gasteiger partial charge in [0.15, 0.2) is 0 Å². The fourth-order valence-corrected chi connectivity index (χ4v) is 2.21. The number of carbonyl (C=O) groups excluding carboxylic acids is 4. The first-order valence-electron chi connectivity index (χ1n) is 7.33. The molecule has 126 valence electrons. The molecule has 8 heteroatoms. The van der Waals surface area contributed by atoms with Crippen molar-refractivity contribution in [2.75, 3.05) is 25.4 Å². The van der Waals surface area contributed by atoms with Crippen LogP contribution < -0.4 is 11.1 Å². The number of nitrogens with two attached hydrogens (primary N) is 1. The maximum atomic E-state index is 11.9. The first-order chi connectivity index (χ1) is 11.4. The van der Waals surface area contributed by atoms with Crippen molar-refractivity contribution >= 4 is 29.4 Å². The normalized spacial score (nSPS) is 14.2. The van der Waals surface area contributed by atoms with Gasteiger partial charge >= 0.3 is 17.8 Å². The lowest BCUT2D eigenvalue weighted by molar-refractivity contribution is -0.143. The Hall–Kier alpha value is -3.16. The van der Waals surface area contributed by atoms with Crippen LogP contribution in [0.4, 0.5) is 10.5 Å². The van der Waals surface area contributed by atoms with Crippen LogP contribution in [0, 0.1) is 0 Å². The quantitative estimate of drug-likeness (QED) is 0.314. The van der Waals surface area contributed by atoms with Crippen molar-refractivity contribution in [2.45, 2.75) is 6.42 Å². The first-order valence-corrected chi connectivity index (χ1v) is 7.33. The number of imide groups is 2. The van der Waals surface area contributed by atoms with E-state index in [1.807, 2.05) is 12.1 Å². The van der Waals surface area contributed by atoms with Gasteiger partial charge in [-0.2, -0.15) is 0 Å². The minimum atomic E-state index is -1.00. The van der Waals surface area contributed by atoms with E-state index in [0.717, 1.165) is 10.5 Å². The molecule has 2 rings (SSSR count). The van der Waals surface area contributed by atoms with Gasteiger partial charge in [0.25, 0.3) is 0 Å². The number of nitrogen functional groups attached to an aromatic ring is 1. The number of nitrogens with one attached hydrogen (secondary N) is 1. The average Bonchev–Trinajstić information content (AvgIpc) is 2.75. The van der Waals surface area contributed by atoms with Gasteiger partial charge in [-0.3, -0.25) is 19.3 Å². The second kappa shape index (κ2) is 7.40. The van der Waals surface area contributed by atoms with Crippen molar-refractivity contribution in [2.24, 2.45) is 0 Å². The van der Waals surface area contributed by atoms with Crippen LogP contribution in [0.1, 0.15) is 5.56 Å². The van der Waals surface area contributed by atoms with Gasteiger partial charge in [-0.1, -0.05) is 18.2 Å². The summed E-state index contributed by atoms with van der Waals surface area (Å²) >= 11 is 0. The Morgan fingerprint density at radius 3 is 2.38 bits per heavy atom. The lowest BCUT2D eigenvalue weighted by Crippen LogP contribution is -2.42. The highest BCUT2D eigenvalue weighted by Gasteiger charge is 2.44. The molecule has 0 aromatic heterocycles. The fourth-order valence-electron chi connectivity index (χ4n) is 2.21. The van der Waals surface area contributed by atoms with Gasteiger partial charge in [-0.25, -0.2) is 9.69 Å². The molecule has 24 heavy (non-hydrogen) atoms. The number of hydrogen-bond donors (Lipinski definition) is 2. The van der Waals surface area contributed by atoms with Crippen LogP contribution >= 0.6 is 0 Å². The van der Waals surface area contributed by atoms with Crippen molar-refractivity contribution in [3.63, 3.8) is 0 Å². The number of amides is 5. The third kappa shape index (κ3) is 3.78. The van der Waals surface area contributed by atoms with Gasteiger partial charge in [0, 0.05) is 18.8 Å². The topological polar surface area (TPSA) is 113 Å². The van der Waals surface area contributed by atoms with E-state index >= 15 is 0 Å². The molecule has 0 radical (unpaired) electrons. The summed E-state index contributed by atoms with van der Waals surface area (Å²) < 4.78 is 0. The molecule has 0 saturated carbocycles.